The Kier molecular flexibility index (Phi) is 2.70. The highest BCUT2D eigenvalue weighted by molar-refractivity contribution is 5.88. The Labute approximate surface area is 141 Å². The van der Waals surface area contributed by atoms with Crippen molar-refractivity contribution in [1.29, 1.82) is 0 Å². The van der Waals surface area contributed by atoms with Crippen molar-refractivity contribution in [2.75, 3.05) is 12.0 Å². The van der Waals surface area contributed by atoms with Gasteiger partial charge >= 0.3 is 5.97 Å². The number of rotatable bonds is 1. The van der Waals surface area contributed by atoms with Crippen LogP contribution in [0.3, 0.4) is 0 Å². The van der Waals surface area contributed by atoms with Gasteiger partial charge in [-0.3, -0.25) is 5.32 Å². The van der Waals surface area contributed by atoms with E-state index in [0.717, 1.165) is 5.69 Å². The van der Waals surface area contributed by atoms with E-state index in [1.807, 2.05) is 13.0 Å². The number of anilines is 1. The molecule has 4 heteroatoms. The Morgan fingerprint density at radius 3 is 2.54 bits per heavy atom. The van der Waals surface area contributed by atoms with Gasteiger partial charge in [-0.2, -0.15) is 0 Å². The summed E-state index contributed by atoms with van der Waals surface area (Å²) in [5, 5.41) is 3.77. The first-order valence-corrected chi connectivity index (χ1v) is 8.47. The number of carbonyl (C=O) groups is 1. The van der Waals surface area contributed by atoms with Crippen LogP contribution in [-0.4, -0.2) is 24.8 Å². The summed E-state index contributed by atoms with van der Waals surface area (Å²) in [7, 11) is 1.48. The molecule has 122 valence electrons. The summed E-state index contributed by atoms with van der Waals surface area (Å²) in [6.07, 6.45) is 0.800. The van der Waals surface area contributed by atoms with E-state index in [1.54, 1.807) is 0 Å². The Morgan fingerprint density at radius 2 is 1.79 bits per heavy atom. The molecule has 4 atom stereocenters. The van der Waals surface area contributed by atoms with Crippen LogP contribution < -0.4 is 10.2 Å². The van der Waals surface area contributed by atoms with Gasteiger partial charge in [-0.15, -0.1) is 0 Å². The Morgan fingerprint density at radius 1 is 1.12 bits per heavy atom. The van der Waals surface area contributed by atoms with Gasteiger partial charge in [0.05, 0.1) is 13.3 Å². The maximum Gasteiger partial charge on any atom is 0.331 e. The monoisotopic (exact) mass is 320 g/mol. The quantitative estimate of drug-likeness (QED) is 0.820. The van der Waals surface area contributed by atoms with Gasteiger partial charge in [0.15, 0.2) is 0 Å². The van der Waals surface area contributed by atoms with Crippen molar-refractivity contribution in [2.45, 2.75) is 37.0 Å². The van der Waals surface area contributed by atoms with Crippen LogP contribution in [0.15, 0.2) is 48.5 Å². The van der Waals surface area contributed by atoms with E-state index in [2.05, 4.69) is 52.7 Å². The summed E-state index contributed by atoms with van der Waals surface area (Å²) in [5.74, 6) is 0.0896. The van der Waals surface area contributed by atoms with Crippen LogP contribution in [0.25, 0.3) is 0 Å². The Bertz CT molecular complexity index is 849. The zero-order valence-corrected chi connectivity index (χ0v) is 13.8. The molecular weight excluding hydrogens is 300 g/mol. The van der Waals surface area contributed by atoms with Crippen LogP contribution in [0, 0.1) is 0 Å². The highest BCUT2D eigenvalue weighted by Gasteiger charge is 2.58. The second-order valence-electron chi connectivity index (χ2n) is 7.17. The summed E-state index contributed by atoms with van der Waals surface area (Å²) in [4.78, 5) is 15.0. The number of methoxy groups -OCH3 is 1. The molecule has 1 fully saturated rings. The van der Waals surface area contributed by atoms with Gasteiger partial charge in [0.25, 0.3) is 0 Å². The van der Waals surface area contributed by atoms with Gasteiger partial charge in [-0.25, -0.2) is 4.79 Å². The third-order valence-electron chi connectivity index (χ3n) is 5.96. The van der Waals surface area contributed by atoms with Crippen molar-refractivity contribution in [2.24, 2.45) is 0 Å². The van der Waals surface area contributed by atoms with Crippen LogP contribution in [-0.2, 0) is 9.53 Å². The average Bonchev–Trinajstić information content (AvgIpc) is 2.97. The van der Waals surface area contributed by atoms with Gasteiger partial charge in [-0.05, 0) is 29.7 Å². The largest absolute Gasteiger partial charge is 0.467 e. The number of esters is 1. The fraction of sp³-hybridized carbons (Fsp3) is 0.350. The molecular formula is C20H20N2O2. The molecule has 0 amide bonds. The Balaban J connectivity index is 1.81. The molecule has 0 radical (unpaired) electrons. The van der Waals surface area contributed by atoms with Crippen LogP contribution in [0.4, 0.5) is 5.69 Å². The number of ether oxygens (including phenoxy) is 1. The summed E-state index contributed by atoms with van der Waals surface area (Å²) in [5.41, 5.74) is 4.47. The summed E-state index contributed by atoms with van der Waals surface area (Å²) in [6, 6.07) is 17.3. The summed E-state index contributed by atoms with van der Waals surface area (Å²) < 4.78 is 5.20. The molecule has 0 aromatic heterocycles. The SMILES string of the molecule is COC(=O)[C@@]1(C)C[C@H]2N[C@@H]3[C@H](c4ccccc42)c2ccccc2N31. The minimum Gasteiger partial charge on any atom is -0.467 e. The lowest BCUT2D eigenvalue weighted by atomic mass is 9.75. The van der Waals surface area contributed by atoms with E-state index in [-0.39, 0.29) is 24.1 Å². The lowest BCUT2D eigenvalue weighted by Crippen LogP contribution is -2.67. The zero-order valence-electron chi connectivity index (χ0n) is 13.8. The van der Waals surface area contributed by atoms with E-state index in [0.29, 0.717) is 6.42 Å². The summed E-state index contributed by atoms with van der Waals surface area (Å²) in [6.45, 7) is 2.02. The number of carbonyl (C=O) groups excluding carboxylic acids is 1. The predicted molar refractivity (Wildman–Crippen MR) is 91.9 cm³/mol. The topological polar surface area (TPSA) is 41.6 Å². The van der Waals surface area contributed by atoms with Crippen LogP contribution in [0.5, 0.6) is 0 Å². The average molecular weight is 320 g/mol. The van der Waals surface area contributed by atoms with E-state index in [9.17, 15) is 4.79 Å². The molecule has 5 rings (SSSR count). The minimum atomic E-state index is -0.659. The van der Waals surface area contributed by atoms with Gasteiger partial charge in [0.1, 0.15) is 5.54 Å². The lowest BCUT2D eigenvalue weighted by molar-refractivity contribution is -0.148. The standard InChI is InChI=1S/C20H20N2O2/c1-20(19(23)24-2)11-15-12-7-3-4-8-13(12)17-14-9-5-6-10-16(14)22(20)18(17)21-15/h3-10,15,17-18,21H,11H2,1-2H3/t15-,17-,18+,20-/m1/s1. The molecule has 4 nitrogen and oxygen atoms in total. The van der Waals surface area contributed by atoms with E-state index in [4.69, 9.17) is 4.74 Å². The first kappa shape index (κ1) is 14.1. The number of fused-ring (bicyclic) bond motifs is 7. The molecule has 0 spiro atoms. The van der Waals surface area contributed by atoms with Gasteiger partial charge < -0.3 is 9.64 Å². The molecule has 0 unspecified atom stereocenters. The van der Waals surface area contributed by atoms with Crippen molar-refractivity contribution in [1.82, 2.24) is 5.32 Å². The van der Waals surface area contributed by atoms with Gasteiger partial charge in [0.2, 0.25) is 0 Å². The lowest BCUT2D eigenvalue weighted by Gasteiger charge is -2.53. The molecule has 3 aliphatic heterocycles. The molecule has 1 N–H and O–H groups in total. The second-order valence-corrected chi connectivity index (χ2v) is 7.17. The Hall–Kier alpha value is -2.33. The number of hydrogen-bond acceptors (Lipinski definition) is 4. The smallest absolute Gasteiger partial charge is 0.331 e. The highest BCUT2D eigenvalue weighted by Crippen LogP contribution is 2.55. The van der Waals surface area contributed by atoms with Crippen molar-refractivity contribution in [3.05, 3.63) is 65.2 Å². The predicted octanol–water partition coefficient (Wildman–Crippen LogP) is 2.94. The number of hydrogen-bond donors (Lipinski definition) is 1. The first-order chi connectivity index (χ1) is 11.6. The normalized spacial score (nSPS) is 32.1. The third kappa shape index (κ3) is 1.54. The van der Waals surface area contributed by atoms with E-state index in [1.165, 1.54) is 23.8 Å². The van der Waals surface area contributed by atoms with Gasteiger partial charge in [0, 0.05) is 24.1 Å². The second kappa shape index (κ2) is 4.61. The third-order valence-corrected chi connectivity index (χ3v) is 5.96. The van der Waals surface area contributed by atoms with Crippen LogP contribution in [0.1, 0.15) is 42.0 Å². The molecule has 1 saturated heterocycles. The van der Waals surface area contributed by atoms with Crippen molar-refractivity contribution in [3.8, 4) is 0 Å². The molecule has 3 aliphatic rings. The maximum atomic E-state index is 12.7. The number of para-hydroxylation sites is 1. The zero-order chi connectivity index (χ0) is 16.5. The minimum absolute atomic E-state index is 0.0974. The van der Waals surface area contributed by atoms with E-state index >= 15 is 0 Å². The van der Waals surface area contributed by atoms with Crippen molar-refractivity contribution >= 4 is 11.7 Å². The van der Waals surface area contributed by atoms with E-state index < -0.39 is 5.54 Å². The van der Waals surface area contributed by atoms with Crippen LogP contribution >= 0.6 is 0 Å². The summed E-state index contributed by atoms with van der Waals surface area (Å²) >= 11 is 0. The number of benzene rings is 2. The highest BCUT2D eigenvalue weighted by atomic mass is 16.5. The number of nitrogens with one attached hydrogen (secondary N) is 1. The molecule has 0 saturated carbocycles. The van der Waals surface area contributed by atoms with Crippen molar-refractivity contribution < 1.29 is 9.53 Å². The van der Waals surface area contributed by atoms with Crippen molar-refractivity contribution in [3.63, 3.8) is 0 Å². The molecule has 2 bridgehead atoms. The molecule has 24 heavy (non-hydrogen) atoms. The van der Waals surface area contributed by atoms with Gasteiger partial charge in [-0.1, -0.05) is 42.5 Å². The molecule has 2 aromatic rings. The molecule has 0 aliphatic carbocycles. The fourth-order valence-electron chi connectivity index (χ4n) is 4.99. The number of nitrogens with zero attached hydrogens (tertiary/aromatic N) is 1. The van der Waals surface area contributed by atoms with Crippen LogP contribution in [0.2, 0.25) is 0 Å². The fourth-order valence-corrected chi connectivity index (χ4v) is 4.99. The molecule has 2 aromatic carbocycles. The first-order valence-electron chi connectivity index (χ1n) is 8.47. The molecule has 3 heterocycles. The maximum absolute atomic E-state index is 12.7.